The monoisotopic (exact) mass is 300 g/mol. The van der Waals surface area contributed by atoms with E-state index >= 15 is 0 Å². The second kappa shape index (κ2) is 7.88. The topological polar surface area (TPSA) is 59.7 Å². The van der Waals surface area contributed by atoms with E-state index in [1.165, 1.54) is 18.4 Å². The Morgan fingerprint density at radius 2 is 2.00 bits per heavy atom. The Kier molecular flexibility index (Phi) is 6.20. The molecule has 1 N–H and O–H groups in total. The molecule has 1 heterocycles. The summed E-state index contributed by atoms with van der Waals surface area (Å²) in [4.78, 5) is 12.4. The molecule has 0 bridgehead atoms. The molecule has 0 aliphatic carbocycles. The second-order valence-electron chi connectivity index (χ2n) is 4.57. The number of allylic oxidation sites excluding steroid dienone is 5. The van der Waals surface area contributed by atoms with E-state index in [1.807, 2.05) is 0 Å². The Morgan fingerprint density at radius 3 is 2.55 bits per heavy atom. The van der Waals surface area contributed by atoms with Gasteiger partial charge in [0, 0.05) is 11.6 Å². The van der Waals surface area contributed by atoms with Crippen LogP contribution in [0, 0.1) is 6.92 Å². The Bertz CT molecular complexity index is 715. The molecule has 0 spiro atoms. The van der Waals surface area contributed by atoms with E-state index in [-0.39, 0.29) is 11.2 Å². The number of hydrogen-bond donors (Lipinski definition) is 1. The highest BCUT2D eigenvalue weighted by atomic mass is 16.5. The summed E-state index contributed by atoms with van der Waals surface area (Å²) in [6.45, 7) is 10.5. The average Bonchev–Trinajstić information content (AvgIpc) is 2.52. The Balaban J connectivity index is 3.29. The van der Waals surface area contributed by atoms with Crippen LogP contribution in [0.3, 0.4) is 0 Å². The molecule has 116 valence electrons. The highest BCUT2D eigenvalue weighted by Crippen LogP contribution is 2.16. The molecule has 0 saturated heterocycles. The zero-order valence-electron chi connectivity index (χ0n) is 13.1. The Morgan fingerprint density at radius 1 is 1.32 bits per heavy atom. The number of hydrogen-bond acceptors (Lipinski definition) is 4. The van der Waals surface area contributed by atoms with Gasteiger partial charge in [0.15, 0.2) is 5.43 Å². The summed E-state index contributed by atoms with van der Waals surface area (Å²) in [7, 11) is 1.54. The Labute approximate surface area is 130 Å². The quantitative estimate of drug-likeness (QED) is 0.633. The van der Waals surface area contributed by atoms with E-state index in [0.29, 0.717) is 22.6 Å². The first kappa shape index (κ1) is 17.3. The number of rotatable bonds is 6. The van der Waals surface area contributed by atoms with Crippen LogP contribution in [0.15, 0.2) is 64.5 Å². The minimum Gasteiger partial charge on any atom is -0.508 e. The van der Waals surface area contributed by atoms with Crippen molar-refractivity contribution in [3.63, 3.8) is 0 Å². The fourth-order valence-corrected chi connectivity index (χ4v) is 1.70. The molecule has 0 aromatic carbocycles. The van der Waals surface area contributed by atoms with Gasteiger partial charge in [0.05, 0.1) is 12.7 Å². The molecular formula is C18H20O4. The summed E-state index contributed by atoms with van der Waals surface area (Å²) >= 11 is 0. The summed E-state index contributed by atoms with van der Waals surface area (Å²) in [5.74, 6) is 0.832. The SMILES string of the molecule is C=C/C(O)=C\c1occ(/C(C)=C/C=C(\C=C)OC)c(=O)c1C. The maximum absolute atomic E-state index is 12.4. The van der Waals surface area contributed by atoms with Gasteiger partial charge >= 0.3 is 0 Å². The molecule has 4 nitrogen and oxygen atoms in total. The minimum atomic E-state index is -0.158. The van der Waals surface area contributed by atoms with Crippen LogP contribution in [0.1, 0.15) is 23.8 Å². The van der Waals surface area contributed by atoms with Crippen molar-refractivity contribution in [2.75, 3.05) is 7.11 Å². The van der Waals surface area contributed by atoms with Crippen LogP contribution in [0.25, 0.3) is 11.6 Å². The third kappa shape index (κ3) is 4.12. The maximum atomic E-state index is 12.4. The first-order chi connectivity index (χ1) is 10.4. The molecule has 0 aliphatic rings. The smallest absolute Gasteiger partial charge is 0.195 e. The van der Waals surface area contributed by atoms with Crippen molar-refractivity contribution in [3.05, 3.63) is 82.4 Å². The van der Waals surface area contributed by atoms with E-state index in [4.69, 9.17) is 9.15 Å². The number of methoxy groups -OCH3 is 1. The first-order valence-corrected chi connectivity index (χ1v) is 6.65. The largest absolute Gasteiger partial charge is 0.508 e. The number of aliphatic hydroxyl groups excluding tert-OH is 1. The molecular weight excluding hydrogens is 280 g/mol. The van der Waals surface area contributed by atoms with Gasteiger partial charge in [-0.15, -0.1) is 0 Å². The van der Waals surface area contributed by atoms with Crippen LogP contribution >= 0.6 is 0 Å². The predicted octanol–water partition coefficient (Wildman–Crippen LogP) is 4.15. The van der Waals surface area contributed by atoms with Gasteiger partial charge in [-0.2, -0.15) is 0 Å². The van der Waals surface area contributed by atoms with Crippen LogP contribution in [0.4, 0.5) is 0 Å². The van der Waals surface area contributed by atoms with E-state index in [9.17, 15) is 9.90 Å². The van der Waals surface area contributed by atoms with Gasteiger partial charge in [-0.1, -0.05) is 19.2 Å². The molecule has 1 aromatic rings. The molecule has 0 amide bonds. The van der Waals surface area contributed by atoms with E-state index in [0.717, 1.165) is 5.57 Å². The van der Waals surface area contributed by atoms with Crippen molar-refractivity contribution in [2.45, 2.75) is 13.8 Å². The third-order valence-electron chi connectivity index (χ3n) is 3.11. The summed E-state index contributed by atoms with van der Waals surface area (Å²) < 4.78 is 10.5. The lowest BCUT2D eigenvalue weighted by molar-refractivity contribution is 0.307. The van der Waals surface area contributed by atoms with Crippen molar-refractivity contribution in [3.8, 4) is 0 Å². The van der Waals surface area contributed by atoms with Crippen molar-refractivity contribution >= 4 is 11.6 Å². The molecule has 0 unspecified atom stereocenters. The molecule has 0 saturated carbocycles. The van der Waals surface area contributed by atoms with Gasteiger partial charge in [-0.25, -0.2) is 0 Å². The highest BCUT2D eigenvalue weighted by Gasteiger charge is 2.10. The summed E-state index contributed by atoms with van der Waals surface area (Å²) in [6.07, 6.45) is 9.04. The number of ether oxygens (including phenoxy) is 1. The van der Waals surface area contributed by atoms with Crippen LogP contribution in [-0.2, 0) is 4.74 Å². The van der Waals surface area contributed by atoms with Gasteiger partial charge in [-0.3, -0.25) is 4.79 Å². The fourth-order valence-electron chi connectivity index (χ4n) is 1.70. The average molecular weight is 300 g/mol. The zero-order chi connectivity index (χ0) is 16.7. The zero-order valence-corrected chi connectivity index (χ0v) is 13.1. The fraction of sp³-hybridized carbons (Fsp3) is 0.167. The third-order valence-corrected chi connectivity index (χ3v) is 3.11. The molecule has 4 heteroatoms. The lowest BCUT2D eigenvalue weighted by atomic mass is 10.1. The molecule has 1 rings (SSSR count). The highest BCUT2D eigenvalue weighted by molar-refractivity contribution is 5.66. The van der Waals surface area contributed by atoms with E-state index in [2.05, 4.69) is 13.2 Å². The lowest BCUT2D eigenvalue weighted by Gasteiger charge is -2.04. The number of aliphatic hydroxyl groups is 1. The standard InChI is InChI=1S/C18H20O4/c1-6-14(19)10-17-13(4)18(20)16(11-22-17)12(3)8-9-15(7-2)21-5/h6-11,19H,1-2H2,3-5H3/b12-8+,14-10+,15-9+. The van der Waals surface area contributed by atoms with Gasteiger partial charge in [0.25, 0.3) is 0 Å². The van der Waals surface area contributed by atoms with Crippen molar-refractivity contribution in [1.82, 2.24) is 0 Å². The molecule has 0 atom stereocenters. The van der Waals surface area contributed by atoms with Gasteiger partial charge in [-0.05, 0) is 37.6 Å². The molecule has 0 radical (unpaired) electrons. The minimum absolute atomic E-state index is 0.0649. The van der Waals surface area contributed by atoms with Crippen molar-refractivity contribution < 1.29 is 14.3 Å². The van der Waals surface area contributed by atoms with Crippen LogP contribution in [-0.4, -0.2) is 12.2 Å². The maximum Gasteiger partial charge on any atom is 0.195 e. The summed E-state index contributed by atoms with van der Waals surface area (Å²) in [5, 5.41) is 9.44. The van der Waals surface area contributed by atoms with Gasteiger partial charge in [0.2, 0.25) is 0 Å². The molecule has 22 heavy (non-hydrogen) atoms. The van der Waals surface area contributed by atoms with E-state index < -0.39 is 0 Å². The van der Waals surface area contributed by atoms with Gasteiger partial charge < -0.3 is 14.3 Å². The van der Waals surface area contributed by atoms with Crippen LogP contribution in [0.2, 0.25) is 0 Å². The van der Waals surface area contributed by atoms with Crippen molar-refractivity contribution in [2.24, 2.45) is 0 Å². The van der Waals surface area contributed by atoms with E-state index in [1.54, 1.807) is 39.2 Å². The summed E-state index contributed by atoms with van der Waals surface area (Å²) in [5.41, 5.74) is 1.44. The Hall–Kier alpha value is -2.75. The van der Waals surface area contributed by atoms with Crippen LogP contribution < -0.4 is 5.43 Å². The second-order valence-corrected chi connectivity index (χ2v) is 4.57. The normalized spacial score (nSPS) is 13.0. The first-order valence-electron chi connectivity index (χ1n) is 6.65. The molecule has 0 fully saturated rings. The molecule has 1 aromatic heterocycles. The van der Waals surface area contributed by atoms with Crippen LogP contribution in [0.5, 0.6) is 0 Å². The molecule has 0 aliphatic heterocycles. The predicted molar refractivity (Wildman–Crippen MR) is 89.5 cm³/mol. The summed E-state index contributed by atoms with van der Waals surface area (Å²) in [6, 6.07) is 0. The van der Waals surface area contributed by atoms with Gasteiger partial charge in [0.1, 0.15) is 23.5 Å². The lowest BCUT2D eigenvalue weighted by Crippen LogP contribution is -2.11. The van der Waals surface area contributed by atoms with Crippen molar-refractivity contribution in [1.29, 1.82) is 0 Å².